The first-order valence-electron chi connectivity index (χ1n) is 7.94. The maximum atomic E-state index is 5.27. The van der Waals surface area contributed by atoms with E-state index in [0.717, 1.165) is 22.4 Å². The predicted molar refractivity (Wildman–Crippen MR) is 99.2 cm³/mol. The minimum atomic E-state index is 0.848. The summed E-state index contributed by atoms with van der Waals surface area (Å²) in [6.45, 7) is 0. The van der Waals surface area contributed by atoms with Crippen LogP contribution in [0, 0.1) is 0 Å². The average Bonchev–Trinajstić information content (AvgIpc) is 2.68. The van der Waals surface area contributed by atoms with Crippen LogP contribution >= 0.6 is 0 Å². The number of hydrogen-bond acceptors (Lipinski definition) is 2. The third-order valence-corrected chi connectivity index (χ3v) is 4.23. The lowest BCUT2D eigenvalue weighted by atomic mass is 9.94. The maximum absolute atomic E-state index is 5.27. The third-order valence-electron chi connectivity index (χ3n) is 4.23. The summed E-state index contributed by atoms with van der Waals surface area (Å²) < 4.78 is 5.27. The molecule has 0 N–H and O–H groups in total. The van der Waals surface area contributed by atoms with Crippen molar-refractivity contribution in [3.05, 3.63) is 85.1 Å². The second-order valence-electron chi connectivity index (χ2n) is 5.66. The van der Waals surface area contributed by atoms with Crippen LogP contribution in [0.25, 0.3) is 33.2 Å². The molecule has 0 aliphatic heterocycles. The first-order chi connectivity index (χ1) is 11.9. The first-order valence-corrected chi connectivity index (χ1v) is 7.94. The fraction of sp³-hybridized carbons (Fsp3) is 0.0455. The van der Waals surface area contributed by atoms with Crippen molar-refractivity contribution in [2.24, 2.45) is 0 Å². The summed E-state index contributed by atoms with van der Waals surface area (Å²) in [7, 11) is 1.68. The highest BCUT2D eigenvalue weighted by Gasteiger charge is 2.13. The molecule has 1 heterocycles. The molecule has 4 rings (SSSR count). The molecule has 0 unspecified atom stereocenters. The van der Waals surface area contributed by atoms with Gasteiger partial charge in [-0.1, -0.05) is 54.6 Å². The molecule has 2 heteroatoms. The Morgan fingerprint density at radius 1 is 0.708 bits per heavy atom. The van der Waals surface area contributed by atoms with Gasteiger partial charge in [0.1, 0.15) is 5.75 Å². The van der Waals surface area contributed by atoms with E-state index in [0.29, 0.717) is 0 Å². The summed E-state index contributed by atoms with van der Waals surface area (Å²) in [6, 6.07) is 26.9. The van der Waals surface area contributed by atoms with Crippen LogP contribution in [-0.4, -0.2) is 12.1 Å². The maximum Gasteiger partial charge on any atom is 0.118 e. The molecule has 1 aromatic heterocycles. The van der Waals surface area contributed by atoms with Gasteiger partial charge in [0.2, 0.25) is 0 Å². The lowest BCUT2D eigenvalue weighted by Gasteiger charge is -2.13. The van der Waals surface area contributed by atoms with Crippen LogP contribution in [0.3, 0.4) is 0 Å². The summed E-state index contributed by atoms with van der Waals surface area (Å²) >= 11 is 0. The number of benzene rings is 3. The predicted octanol–water partition coefficient (Wildman–Crippen LogP) is 5.58. The molecule has 0 atom stereocenters. The molecule has 0 aliphatic rings. The molecular weight excluding hydrogens is 294 g/mol. The fourth-order valence-corrected chi connectivity index (χ4v) is 3.03. The SMILES string of the molecule is COc1ccc(-c2ncc3ccccc3c2-c2ccccc2)cc1. The van der Waals surface area contributed by atoms with Gasteiger partial charge < -0.3 is 4.74 Å². The number of ether oxygens (including phenoxy) is 1. The van der Waals surface area contributed by atoms with E-state index in [1.54, 1.807) is 7.11 Å². The van der Waals surface area contributed by atoms with Crippen molar-refractivity contribution in [3.8, 4) is 28.1 Å². The Morgan fingerprint density at radius 2 is 1.42 bits per heavy atom. The van der Waals surface area contributed by atoms with Crippen molar-refractivity contribution in [2.75, 3.05) is 7.11 Å². The van der Waals surface area contributed by atoms with E-state index in [2.05, 4.69) is 54.6 Å². The molecule has 116 valence electrons. The van der Waals surface area contributed by atoms with E-state index in [1.807, 2.05) is 30.5 Å². The quantitative estimate of drug-likeness (QED) is 0.493. The summed E-state index contributed by atoms with van der Waals surface area (Å²) in [5.74, 6) is 0.848. The Kier molecular flexibility index (Phi) is 3.72. The van der Waals surface area contributed by atoms with E-state index < -0.39 is 0 Å². The van der Waals surface area contributed by atoms with Crippen LogP contribution in [0.5, 0.6) is 5.75 Å². The van der Waals surface area contributed by atoms with E-state index in [1.165, 1.54) is 16.5 Å². The fourth-order valence-electron chi connectivity index (χ4n) is 3.03. The highest BCUT2D eigenvalue weighted by molar-refractivity contribution is 6.02. The third kappa shape index (κ3) is 2.52. The molecule has 0 spiro atoms. The molecule has 4 aromatic rings. The number of hydrogen-bond donors (Lipinski definition) is 0. The van der Waals surface area contributed by atoms with Crippen LogP contribution in [0.15, 0.2) is 85.1 Å². The highest BCUT2D eigenvalue weighted by Crippen LogP contribution is 2.36. The number of pyridine rings is 1. The van der Waals surface area contributed by atoms with Gasteiger partial charge in [0.05, 0.1) is 12.8 Å². The molecule has 2 nitrogen and oxygen atoms in total. The Morgan fingerprint density at radius 3 is 2.17 bits per heavy atom. The first kappa shape index (κ1) is 14.5. The molecule has 0 saturated carbocycles. The van der Waals surface area contributed by atoms with E-state index >= 15 is 0 Å². The van der Waals surface area contributed by atoms with Gasteiger partial charge in [0.25, 0.3) is 0 Å². The second kappa shape index (κ2) is 6.17. The van der Waals surface area contributed by atoms with Crippen LogP contribution < -0.4 is 4.74 Å². The zero-order valence-corrected chi connectivity index (χ0v) is 13.4. The van der Waals surface area contributed by atoms with Crippen LogP contribution in [0.1, 0.15) is 0 Å². The van der Waals surface area contributed by atoms with E-state index in [9.17, 15) is 0 Å². The standard InChI is InChI=1S/C22H17NO/c1-24-19-13-11-17(12-14-19)22-21(16-7-3-2-4-8-16)20-10-6-5-9-18(20)15-23-22/h2-15H,1H3. The minimum absolute atomic E-state index is 0.848. The molecule has 0 aliphatic carbocycles. The largest absolute Gasteiger partial charge is 0.497 e. The molecular formula is C22H17NO. The lowest BCUT2D eigenvalue weighted by molar-refractivity contribution is 0.415. The molecule has 3 aromatic carbocycles. The number of rotatable bonds is 3. The molecule has 0 radical (unpaired) electrons. The second-order valence-corrected chi connectivity index (χ2v) is 5.66. The van der Waals surface area contributed by atoms with Gasteiger partial charge in [0.15, 0.2) is 0 Å². The van der Waals surface area contributed by atoms with Crippen molar-refractivity contribution in [3.63, 3.8) is 0 Å². The normalized spacial score (nSPS) is 10.7. The highest BCUT2D eigenvalue weighted by atomic mass is 16.5. The molecule has 0 amide bonds. The Hall–Kier alpha value is -3.13. The zero-order valence-electron chi connectivity index (χ0n) is 13.4. The van der Waals surface area contributed by atoms with Gasteiger partial charge in [-0.25, -0.2) is 0 Å². The summed E-state index contributed by atoms with van der Waals surface area (Å²) in [5.41, 5.74) is 4.41. The van der Waals surface area contributed by atoms with Crippen molar-refractivity contribution >= 4 is 10.8 Å². The van der Waals surface area contributed by atoms with Crippen molar-refractivity contribution in [1.29, 1.82) is 0 Å². The Labute approximate surface area is 141 Å². The van der Waals surface area contributed by atoms with Gasteiger partial charge >= 0.3 is 0 Å². The average molecular weight is 311 g/mol. The topological polar surface area (TPSA) is 22.1 Å². The van der Waals surface area contributed by atoms with E-state index in [4.69, 9.17) is 9.72 Å². The number of nitrogens with zero attached hydrogens (tertiary/aromatic N) is 1. The van der Waals surface area contributed by atoms with Crippen LogP contribution in [0.2, 0.25) is 0 Å². The van der Waals surface area contributed by atoms with E-state index in [-0.39, 0.29) is 0 Å². The van der Waals surface area contributed by atoms with Crippen LogP contribution in [0.4, 0.5) is 0 Å². The summed E-state index contributed by atoms with van der Waals surface area (Å²) in [6.07, 6.45) is 1.95. The monoisotopic (exact) mass is 311 g/mol. The lowest BCUT2D eigenvalue weighted by Crippen LogP contribution is -1.92. The van der Waals surface area contributed by atoms with Crippen molar-refractivity contribution in [2.45, 2.75) is 0 Å². The summed E-state index contributed by atoms with van der Waals surface area (Å²) in [4.78, 5) is 4.77. The molecule has 0 bridgehead atoms. The van der Waals surface area contributed by atoms with Gasteiger partial charge in [0, 0.05) is 22.7 Å². The minimum Gasteiger partial charge on any atom is -0.497 e. The zero-order chi connectivity index (χ0) is 16.4. The number of aromatic nitrogens is 1. The Bertz CT molecular complexity index is 976. The summed E-state index contributed by atoms with van der Waals surface area (Å²) in [5, 5.41) is 2.36. The molecule has 0 fully saturated rings. The molecule has 24 heavy (non-hydrogen) atoms. The van der Waals surface area contributed by atoms with Crippen LogP contribution in [-0.2, 0) is 0 Å². The van der Waals surface area contributed by atoms with Gasteiger partial charge in [-0.15, -0.1) is 0 Å². The Balaban J connectivity index is 2.01. The van der Waals surface area contributed by atoms with Crippen molar-refractivity contribution in [1.82, 2.24) is 4.98 Å². The number of fused-ring (bicyclic) bond motifs is 1. The van der Waals surface area contributed by atoms with Crippen molar-refractivity contribution < 1.29 is 4.74 Å². The molecule has 0 saturated heterocycles. The van der Waals surface area contributed by atoms with Gasteiger partial charge in [-0.3, -0.25) is 4.98 Å². The van der Waals surface area contributed by atoms with Gasteiger partial charge in [-0.2, -0.15) is 0 Å². The smallest absolute Gasteiger partial charge is 0.118 e. The van der Waals surface area contributed by atoms with Gasteiger partial charge in [-0.05, 0) is 35.2 Å². The number of methoxy groups -OCH3 is 1.